The summed E-state index contributed by atoms with van der Waals surface area (Å²) in [4.78, 5) is 10.8. The number of carbonyl (C=O) groups is 1. The minimum Gasteiger partial charge on any atom is -0.378 e. The van der Waals surface area contributed by atoms with Crippen molar-refractivity contribution in [2.75, 3.05) is 13.2 Å². The molecule has 0 saturated carbocycles. The second-order valence-corrected chi connectivity index (χ2v) is 2.18. The molecule has 0 amide bonds. The van der Waals surface area contributed by atoms with E-state index in [1.165, 1.54) is 0 Å². The Hall–Kier alpha value is -0.550. The third-order valence-electron chi connectivity index (χ3n) is 1.39. The van der Waals surface area contributed by atoms with Crippen molar-refractivity contribution < 1.29 is 23.0 Å². The van der Waals surface area contributed by atoms with Gasteiger partial charge in [0.25, 0.3) is 0 Å². The number of ketones is 1. The molecular weight excluding hydrogens is 158 g/mol. The average molecular weight is 166 g/mol. The smallest absolute Gasteiger partial charge is 0.346 e. The summed E-state index contributed by atoms with van der Waals surface area (Å²) in [6.45, 7) is -2.64. The molecule has 3 nitrogen and oxygen atoms in total. The number of hydrogen-bond donors (Lipinski definition) is 0. The molecule has 0 aromatic rings. The Morgan fingerprint density at radius 3 is 2.91 bits per heavy atom. The Kier molecular flexibility index (Phi) is 2.90. The summed E-state index contributed by atoms with van der Waals surface area (Å²) in [5.41, 5.74) is 0. The van der Waals surface area contributed by atoms with E-state index >= 15 is 0 Å². The molecule has 1 fully saturated rings. The van der Waals surface area contributed by atoms with Crippen molar-refractivity contribution in [2.45, 2.75) is 19.1 Å². The second-order valence-electron chi connectivity index (χ2n) is 2.18. The SMILES string of the molecule is O=C1CCOCC1OC(F)F. The predicted molar refractivity (Wildman–Crippen MR) is 31.3 cm³/mol. The summed E-state index contributed by atoms with van der Waals surface area (Å²) in [5.74, 6) is -0.309. The normalized spacial score (nSPS) is 26.1. The molecule has 11 heavy (non-hydrogen) atoms. The first-order valence-electron chi connectivity index (χ1n) is 3.24. The summed E-state index contributed by atoms with van der Waals surface area (Å²) < 4.78 is 31.9. The van der Waals surface area contributed by atoms with Crippen LogP contribution in [0, 0.1) is 0 Å². The van der Waals surface area contributed by atoms with Gasteiger partial charge in [-0.15, -0.1) is 0 Å². The van der Waals surface area contributed by atoms with Gasteiger partial charge in [-0.2, -0.15) is 8.78 Å². The summed E-state index contributed by atoms with van der Waals surface area (Å²) in [6, 6.07) is 0. The molecule has 0 radical (unpaired) electrons. The molecule has 0 N–H and O–H groups in total. The van der Waals surface area contributed by atoms with Gasteiger partial charge in [0.05, 0.1) is 13.2 Å². The molecule has 1 heterocycles. The van der Waals surface area contributed by atoms with Crippen LogP contribution < -0.4 is 0 Å². The standard InChI is InChI=1S/C6H8F2O3/c7-6(8)11-5-3-10-2-1-4(5)9/h5-6H,1-3H2. The maximum Gasteiger partial charge on any atom is 0.346 e. The van der Waals surface area contributed by atoms with Crippen LogP contribution in [0.4, 0.5) is 8.78 Å². The Morgan fingerprint density at radius 1 is 1.64 bits per heavy atom. The number of ether oxygens (including phenoxy) is 2. The lowest BCUT2D eigenvalue weighted by atomic mass is 10.1. The fourth-order valence-electron chi connectivity index (χ4n) is 0.856. The van der Waals surface area contributed by atoms with Crippen LogP contribution in [0.15, 0.2) is 0 Å². The van der Waals surface area contributed by atoms with Gasteiger partial charge in [-0.3, -0.25) is 4.79 Å². The number of hydrogen-bond acceptors (Lipinski definition) is 3. The minimum absolute atomic E-state index is 0.0524. The van der Waals surface area contributed by atoms with E-state index in [-0.39, 0.29) is 18.8 Å². The average Bonchev–Trinajstić information content (AvgIpc) is 1.93. The molecule has 0 aromatic heterocycles. The van der Waals surface area contributed by atoms with E-state index in [0.717, 1.165) is 0 Å². The zero-order valence-corrected chi connectivity index (χ0v) is 5.76. The summed E-state index contributed by atoms with van der Waals surface area (Å²) >= 11 is 0. The Morgan fingerprint density at radius 2 is 2.36 bits per heavy atom. The molecule has 5 heteroatoms. The van der Waals surface area contributed by atoms with Crippen molar-refractivity contribution in [3.63, 3.8) is 0 Å². The number of rotatable bonds is 2. The van der Waals surface area contributed by atoms with Crippen LogP contribution in [-0.2, 0) is 14.3 Å². The highest BCUT2D eigenvalue weighted by molar-refractivity contribution is 5.83. The van der Waals surface area contributed by atoms with Crippen LogP contribution in [0.1, 0.15) is 6.42 Å². The van der Waals surface area contributed by atoms with Crippen molar-refractivity contribution in [1.29, 1.82) is 0 Å². The van der Waals surface area contributed by atoms with Crippen LogP contribution in [0.3, 0.4) is 0 Å². The number of halogens is 2. The Bertz CT molecular complexity index is 149. The van der Waals surface area contributed by atoms with Crippen LogP contribution in [0.5, 0.6) is 0 Å². The third kappa shape index (κ3) is 2.51. The molecule has 0 bridgehead atoms. The molecule has 0 aromatic carbocycles. The fourth-order valence-corrected chi connectivity index (χ4v) is 0.856. The topological polar surface area (TPSA) is 35.5 Å². The fraction of sp³-hybridized carbons (Fsp3) is 0.833. The minimum atomic E-state index is -2.90. The highest BCUT2D eigenvalue weighted by Crippen LogP contribution is 2.09. The molecule has 1 rings (SSSR count). The van der Waals surface area contributed by atoms with Crippen LogP contribution in [0.25, 0.3) is 0 Å². The number of Topliss-reactive ketones (excluding diaryl/α,β-unsaturated/α-hetero) is 1. The molecular formula is C6H8F2O3. The highest BCUT2D eigenvalue weighted by Gasteiger charge is 2.26. The lowest BCUT2D eigenvalue weighted by Gasteiger charge is -2.20. The van der Waals surface area contributed by atoms with E-state index in [1.807, 2.05) is 0 Å². The number of carbonyl (C=O) groups excluding carboxylic acids is 1. The molecule has 1 atom stereocenters. The van der Waals surface area contributed by atoms with Crippen LogP contribution in [0.2, 0.25) is 0 Å². The monoisotopic (exact) mass is 166 g/mol. The van der Waals surface area contributed by atoms with Crippen molar-refractivity contribution in [3.8, 4) is 0 Å². The van der Waals surface area contributed by atoms with Gasteiger partial charge in [-0.05, 0) is 0 Å². The molecule has 0 aliphatic carbocycles. The maximum atomic E-state index is 11.6. The largest absolute Gasteiger partial charge is 0.378 e. The number of alkyl halides is 2. The summed E-state index contributed by atoms with van der Waals surface area (Å²) in [5, 5.41) is 0. The maximum absolute atomic E-state index is 11.6. The van der Waals surface area contributed by atoms with Crippen molar-refractivity contribution in [2.24, 2.45) is 0 Å². The van der Waals surface area contributed by atoms with E-state index in [2.05, 4.69) is 4.74 Å². The van der Waals surface area contributed by atoms with Gasteiger partial charge in [0.1, 0.15) is 6.10 Å². The summed E-state index contributed by atoms with van der Waals surface area (Å²) in [7, 11) is 0. The molecule has 64 valence electrons. The lowest BCUT2D eigenvalue weighted by Crippen LogP contribution is -2.36. The van der Waals surface area contributed by atoms with Crippen molar-refractivity contribution in [1.82, 2.24) is 0 Å². The van der Waals surface area contributed by atoms with Crippen LogP contribution in [-0.4, -0.2) is 31.7 Å². The van der Waals surface area contributed by atoms with Gasteiger partial charge >= 0.3 is 6.61 Å². The van der Waals surface area contributed by atoms with Gasteiger partial charge in [0.2, 0.25) is 0 Å². The quantitative estimate of drug-likeness (QED) is 0.602. The Labute approximate surface area is 62.3 Å². The summed E-state index contributed by atoms with van der Waals surface area (Å²) in [6.07, 6.45) is -0.902. The first-order chi connectivity index (χ1) is 5.20. The van der Waals surface area contributed by atoms with Gasteiger partial charge in [-0.25, -0.2) is 0 Å². The molecule has 1 aliphatic rings. The highest BCUT2D eigenvalue weighted by atomic mass is 19.3. The van der Waals surface area contributed by atoms with Gasteiger partial charge in [0.15, 0.2) is 5.78 Å². The first kappa shape index (κ1) is 8.55. The van der Waals surface area contributed by atoms with E-state index in [0.29, 0.717) is 6.61 Å². The molecule has 1 saturated heterocycles. The zero-order chi connectivity index (χ0) is 8.27. The van der Waals surface area contributed by atoms with E-state index in [4.69, 9.17) is 4.74 Å². The zero-order valence-electron chi connectivity index (χ0n) is 5.76. The van der Waals surface area contributed by atoms with Crippen molar-refractivity contribution >= 4 is 5.78 Å². The Balaban J connectivity index is 2.36. The molecule has 1 aliphatic heterocycles. The van der Waals surface area contributed by atoms with Gasteiger partial charge in [-0.1, -0.05) is 0 Å². The second kappa shape index (κ2) is 3.73. The van der Waals surface area contributed by atoms with E-state index in [9.17, 15) is 13.6 Å². The molecule has 0 spiro atoms. The third-order valence-corrected chi connectivity index (χ3v) is 1.39. The van der Waals surface area contributed by atoms with Crippen molar-refractivity contribution in [3.05, 3.63) is 0 Å². The lowest BCUT2D eigenvalue weighted by molar-refractivity contribution is -0.190. The van der Waals surface area contributed by atoms with Crippen LogP contribution >= 0.6 is 0 Å². The first-order valence-corrected chi connectivity index (χ1v) is 3.24. The van der Waals surface area contributed by atoms with E-state index < -0.39 is 12.7 Å². The molecule has 1 unspecified atom stereocenters. The van der Waals surface area contributed by atoms with E-state index in [1.54, 1.807) is 0 Å². The van der Waals surface area contributed by atoms with Gasteiger partial charge < -0.3 is 9.47 Å². The van der Waals surface area contributed by atoms with Gasteiger partial charge in [0, 0.05) is 6.42 Å². The predicted octanol–water partition coefficient (Wildman–Crippen LogP) is 0.584.